The minimum atomic E-state index is 0.0888. The topological polar surface area (TPSA) is 67.2 Å². The van der Waals surface area contributed by atoms with E-state index in [9.17, 15) is 4.79 Å². The molecule has 2 aromatic carbocycles. The standard InChI is InChI=1S/C21H24N6O/c1-16-5-3-4-6-20(16)25-11-12-27(17(2)13-25)21(28)19-9-7-18(8-10-19)14-26-15-22-23-24-26/h3-10,15,17H,11-14H2,1-2H3/t17-/m1/s1. The van der Waals surface area contributed by atoms with Gasteiger partial charge >= 0.3 is 0 Å². The molecule has 1 fully saturated rings. The molecule has 3 aromatic rings. The van der Waals surface area contributed by atoms with Gasteiger partial charge in [-0.15, -0.1) is 5.10 Å². The fourth-order valence-electron chi connectivity index (χ4n) is 3.75. The SMILES string of the molecule is Cc1ccccc1N1CCN(C(=O)c2ccc(Cn3cnnn3)cc2)[C@H](C)C1. The Morgan fingerprint density at radius 2 is 1.89 bits per heavy atom. The number of carbonyl (C=O) groups is 1. The second-order valence-corrected chi connectivity index (χ2v) is 7.28. The van der Waals surface area contributed by atoms with Crippen LogP contribution in [0.5, 0.6) is 0 Å². The molecule has 144 valence electrons. The quantitative estimate of drug-likeness (QED) is 0.699. The molecule has 2 heterocycles. The number of benzene rings is 2. The van der Waals surface area contributed by atoms with E-state index in [1.54, 1.807) is 11.0 Å². The summed E-state index contributed by atoms with van der Waals surface area (Å²) in [6.07, 6.45) is 1.58. The van der Waals surface area contributed by atoms with Gasteiger partial charge < -0.3 is 9.80 Å². The highest BCUT2D eigenvalue weighted by atomic mass is 16.2. The average Bonchev–Trinajstić information content (AvgIpc) is 3.21. The molecule has 28 heavy (non-hydrogen) atoms. The van der Waals surface area contributed by atoms with Crippen LogP contribution in [0.15, 0.2) is 54.9 Å². The molecule has 1 aromatic heterocycles. The van der Waals surface area contributed by atoms with Crippen molar-refractivity contribution >= 4 is 11.6 Å². The van der Waals surface area contributed by atoms with Crippen molar-refractivity contribution in [2.24, 2.45) is 0 Å². The van der Waals surface area contributed by atoms with Crippen molar-refractivity contribution in [3.05, 3.63) is 71.5 Å². The number of carbonyl (C=O) groups excluding carboxylic acids is 1. The highest BCUT2D eigenvalue weighted by molar-refractivity contribution is 5.94. The van der Waals surface area contributed by atoms with Crippen LogP contribution >= 0.6 is 0 Å². The van der Waals surface area contributed by atoms with Crippen molar-refractivity contribution in [1.82, 2.24) is 25.1 Å². The predicted octanol–water partition coefficient (Wildman–Crippen LogP) is 2.38. The van der Waals surface area contributed by atoms with Crippen LogP contribution < -0.4 is 4.90 Å². The molecular formula is C21H24N6O. The lowest BCUT2D eigenvalue weighted by molar-refractivity contribution is 0.0674. The maximum absolute atomic E-state index is 13.0. The minimum absolute atomic E-state index is 0.0888. The van der Waals surface area contributed by atoms with E-state index in [0.29, 0.717) is 6.54 Å². The monoisotopic (exact) mass is 376 g/mol. The number of para-hydroxylation sites is 1. The molecule has 1 atom stereocenters. The van der Waals surface area contributed by atoms with E-state index in [1.165, 1.54) is 11.3 Å². The molecule has 0 unspecified atom stereocenters. The summed E-state index contributed by atoms with van der Waals surface area (Å²) in [4.78, 5) is 17.4. The Morgan fingerprint density at radius 1 is 1.11 bits per heavy atom. The Bertz CT molecular complexity index is 938. The van der Waals surface area contributed by atoms with E-state index in [4.69, 9.17) is 0 Å². The van der Waals surface area contributed by atoms with E-state index in [2.05, 4.69) is 58.5 Å². The highest BCUT2D eigenvalue weighted by Crippen LogP contribution is 2.23. The molecule has 1 saturated heterocycles. The van der Waals surface area contributed by atoms with Crippen LogP contribution in [-0.2, 0) is 6.54 Å². The fourth-order valence-corrected chi connectivity index (χ4v) is 3.75. The van der Waals surface area contributed by atoms with Crippen molar-refractivity contribution < 1.29 is 4.79 Å². The highest BCUT2D eigenvalue weighted by Gasteiger charge is 2.28. The van der Waals surface area contributed by atoms with Gasteiger partial charge in [0.1, 0.15) is 6.33 Å². The van der Waals surface area contributed by atoms with Gasteiger partial charge in [0.05, 0.1) is 6.54 Å². The van der Waals surface area contributed by atoms with Crippen LogP contribution in [0.25, 0.3) is 0 Å². The maximum Gasteiger partial charge on any atom is 0.254 e. The lowest BCUT2D eigenvalue weighted by atomic mass is 10.1. The van der Waals surface area contributed by atoms with Gasteiger partial charge in [-0.3, -0.25) is 4.79 Å². The zero-order valence-corrected chi connectivity index (χ0v) is 16.2. The van der Waals surface area contributed by atoms with Crippen molar-refractivity contribution in [2.45, 2.75) is 26.4 Å². The summed E-state index contributed by atoms with van der Waals surface area (Å²) < 4.78 is 1.66. The predicted molar refractivity (Wildman–Crippen MR) is 107 cm³/mol. The maximum atomic E-state index is 13.0. The number of hydrogen-bond donors (Lipinski definition) is 0. The number of aryl methyl sites for hydroxylation is 1. The number of nitrogens with zero attached hydrogens (tertiary/aromatic N) is 6. The van der Waals surface area contributed by atoms with Crippen LogP contribution in [-0.4, -0.2) is 56.7 Å². The normalized spacial score (nSPS) is 17.0. The van der Waals surface area contributed by atoms with Crippen LogP contribution in [0.3, 0.4) is 0 Å². The van der Waals surface area contributed by atoms with E-state index in [0.717, 1.165) is 30.8 Å². The summed E-state index contributed by atoms with van der Waals surface area (Å²) in [7, 11) is 0. The third kappa shape index (κ3) is 3.74. The summed E-state index contributed by atoms with van der Waals surface area (Å²) >= 11 is 0. The Kier molecular flexibility index (Phi) is 5.06. The summed E-state index contributed by atoms with van der Waals surface area (Å²) in [6.45, 7) is 7.25. The van der Waals surface area contributed by atoms with Crippen LogP contribution in [0.2, 0.25) is 0 Å². The first-order valence-corrected chi connectivity index (χ1v) is 9.53. The van der Waals surface area contributed by atoms with Gasteiger partial charge in [-0.05, 0) is 53.6 Å². The van der Waals surface area contributed by atoms with Crippen LogP contribution in [0, 0.1) is 6.92 Å². The molecule has 0 saturated carbocycles. The first-order valence-electron chi connectivity index (χ1n) is 9.53. The van der Waals surface area contributed by atoms with Gasteiger partial charge in [-0.2, -0.15) is 0 Å². The van der Waals surface area contributed by atoms with Crippen molar-refractivity contribution in [3.63, 3.8) is 0 Å². The summed E-state index contributed by atoms with van der Waals surface area (Å²) in [6, 6.07) is 16.3. The molecule has 0 bridgehead atoms. The fraction of sp³-hybridized carbons (Fsp3) is 0.333. The molecule has 1 aliphatic rings. The molecule has 7 nitrogen and oxygen atoms in total. The van der Waals surface area contributed by atoms with E-state index in [1.807, 2.05) is 29.2 Å². The molecule has 0 radical (unpaired) electrons. The Morgan fingerprint density at radius 3 is 2.57 bits per heavy atom. The van der Waals surface area contributed by atoms with Crippen molar-refractivity contribution in [1.29, 1.82) is 0 Å². The first-order chi connectivity index (χ1) is 13.6. The Balaban J connectivity index is 1.42. The second-order valence-electron chi connectivity index (χ2n) is 7.28. The lowest BCUT2D eigenvalue weighted by Crippen LogP contribution is -2.54. The molecule has 0 N–H and O–H groups in total. The number of amides is 1. The van der Waals surface area contributed by atoms with E-state index in [-0.39, 0.29) is 11.9 Å². The van der Waals surface area contributed by atoms with Crippen LogP contribution in [0.1, 0.15) is 28.4 Å². The first kappa shape index (κ1) is 18.2. The molecule has 0 spiro atoms. The molecule has 1 amide bonds. The Labute approximate surface area is 164 Å². The summed E-state index contributed by atoms with van der Waals surface area (Å²) in [5.74, 6) is 0.0888. The minimum Gasteiger partial charge on any atom is -0.367 e. The van der Waals surface area contributed by atoms with Gasteiger partial charge in [-0.1, -0.05) is 30.3 Å². The van der Waals surface area contributed by atoms with Gasteiger partial charge in [-0.25, -0.2) is 4.68 Å². The van der Waals surface area contributed by atoms with E-state index >= 15 is 0 Å². The van der Waals surface area contributed by atoms with Gasteiger partial charge in [0, 0.05) is 36.9 Å². The third-order valence-electron chi connectivity index (χ3n) is 5.28. The molecule has 4 rings (SSSR count). The largest absolute Gasteiger partial charge is 0.367 e. The smallest absolute Gasteiger partial charge is 0.254 e. The van der Waals surface area contributed by atoms with Gasteiger partial charge in [0.15, 0.2) is 0 Å². The number of rotatable bonds is 4. The average molecular weight is 376 g/mol. The Hall–Kier alpha value is -3.22. The number of piperazine rings is 1. The zero-order valence-electron chi connectivity index (χ0n) is 16.2. The summed E-state index contributed by atoms with van der Waals surface area (Å²) in [5, 5.41) is 11.1. The number of anilines is 1. The molecule has 7 heteroatoms. The van der Waals surface area contributed by atoms with Gasteiger partial charge in [0.25, 0.3) is 5.91 Å². The van der Waals surface area contributed by atoms with E-state index < -0.39 is 0 Å². The summed E-state index contributed by atoms with van der Waals surface area (Å²) in [5.41, 5.74) is 4.30. The molecule has 1 aliphatic heterocycles. The number of hydrogen-bond acceptors (Lipinski definition) is 5. The third-order valence-corrected chi connectivity index (χ3v) is 5.28. The zero-order chi connectivity index (χ0) is 19.5. The number of aromatic nitrogens is 4. The second kappa shape index (κ2) is 7.80. The van der Waals surface area contributed by atoms with Gasteiger partial charge in [0.2, 0.25) is 0 Å². The van der Waals surface area contributed by atoms with Crippen LogP contribution in [0.4, 0.5) is 5.69 Å². The van der Waals surface area contributed by atoms with Crippen molar-refractivity contribution in [3.8, 4) is 0 Å². The number of tetrazole rings is 1. The lowest BCUT2D eigenvalue weighted by Gasteiger charge is -2.41. The molecular weight excluding hydrogens is 352 g/mol. The van der Waals surface area contributed by atoms with Crippen molar-refractivity contribution in [2.75, 3.05) is 24.5 Å². The molecule has 0 aliphatic carbocycles.